The number of aromatic nitrogens is 1. The molecule has 0 aliphatic carbocycles. The molecule has 6 heteroatoms. The van der Waals surface area contributed by atoms with Crippen molar-refractivity contribution in [3.8, 4) is 10.6 Å². The van der Waals surface area contributed by atoms with Crippen molar-refractivity contribution in [2.75, 3.05) is 13.6 Å². The number of hydrogen-bond donors (Lipinski definition) is 1. The lowest BCUT2D eigenvalue weighted by Gasteiger charge is -2.13. The Balaban J connectivity index is 2.04. The number of carboxylic acids is 1. The fraction of sp³-hybridized carbons (Fsp3) is 0.312. The van der Waals surface area contributed by atoms with Crippen LogP contribution in [0.25, 0.3) is 10.6 Å². The molecule has 1 N–H and O–H groups in total. The van der Waals surface area contributed by atoms with Gasteiger partial charge in [-0.25, -0.2) is 4.98 Å². The molecule has 0 saturated carbocycles. The Morgan fingerprint density at radius 2 is 1.95 bits per heavy atom. The minimum Gasteiger partial charge on any atom is -0.480 e. The lowest BCUT2D eigenvalue weighted by Crippen LogP contribution is -2.33. The maximum Gasteiger partial charge on any atom is 0.323 e. The van der Waals surface area contributed by atoms with Gasteiger partial charge in [-0.05, 0) is 12.0 Å². The number of carbonyl (C=O) groups excluding carboxylic acids is 1. The number of likely N-dealkylation sites (N-methyl/N-ethyl adjacent to an activating group) is 1. The molecule has 0 spiro atoms. The van der Waals surface area contributed by atoms with Gasteiger partial charge < -0.3 is 10.0 Å². The third-order valence-corrected chi connectivity index (χ3v) is 4.23. The molecule has 0 atom stereocenters. The lowest BCUT2D eigenvalue weighted by atomic mass is 10.1. The minimum absolute atomic E-state index is 0.118. The zero-order chi connectivity index (χ0) is 16.1. The molecule has 0 bridgehead atoms. The van der Waals surface area contributed by atoms with Crippen molar-refractivity contribution >= 4 is 23.2 Å². The van der Waals surface area contributed by atoms with E-state index < -0.39 is 5.97 Å². The van der Waals surface area contributed by atoms with E-state index in [2.05, 4.69) is 24.0 Å². The maximum atomic E-state index is 11.9. The molecule has 0 saturated heterocycles. The van der Waals surface area contributed by atoms with Crippen LogP contribution in [-0.4, -0.2) is 40.5 Å². The molecule has 2 rings (SSSR count). The average Bonchev–Trinajstić information content (AvgIpc) is 2.95. The number of aliphatic carboxylic acids is 1. The fourth-order valence-corrected chi connectivity index (χ4v) is 2.81. The molecule has 5 nitrogen and oxygen atoms in total. The van der Waals surface area contributed by atoms with Gasteiger partial charge in [0.25, 0.3) is 0 Å². The second-order valence-corrected chi connectivity index (χ2v) is 5.87. The number of amides is 1. The van der Waals surface area contributed by atoms with Gasteiger partial charge in [0.2, 0.25) is 5.91 Å². The van der Waals surface area contributed by atoms with Crippen molar-refractivity contribution in [3.63, 3.8) is 0 Å². The Kier molecular flexibility index (Phi) is 5.27. The van der Waals surface area contributed by atoms with Gasteiger partial charge in [-0.1, -0.05) is 31.2 Å². The molecule has 0 unspecified atom stereocenters. The first-order chi connectivity index (χ1) is 10.5. The minimum atomic E-state index is -1.02. The first-order valence-corrected chi connectivity index (χ1v) is 7.87. The van der Waals surface area contributed by atoms with E-state index in [1.165, 1.54) is 28.8 Å². The summed E-state index contributed by atoms with van der Waals surface area (Å²) >= 11 is 1.49. The number of carbonyl (C=O) groups is 2. The zero-order valence-corrected chi connectivity index (χ0v) is 13.4. The van der Waals surface area contributed by atoms with Crippen LogP contribution >= 0.6 is 11.3 Å². The molecule has 1 heterocycles. The summed E-state index contributed by atoms with van der Waals surface area (Å²) in [6.45, 7) is 1.81. The van der Waals surface area contributed by atoms with E-state index in [9.17, 15) is 9.59 Å². The summed E-state index contributed by atoms with van der Waals surface area (Å²) in [4.78, 5) is 28.2. The van der Waals surface area contributed by atoms with Gasteiger partial charge in [0, 0.05) is 18.0 Å². The number of thiazole rings is 1. The molecule has 2 aromatic rings. The number of rotatable bonds is 6. The Bertz CT molecular complexity index is 664. The van der Waals surface area contributed by atoms with Crippen molar-refractivity contribution in [1.29, 1.82) is 0 Å². The third-order valence-electron chi connectivity index (χ3n) is 3.29. The van der Waals surface area contributed by atoms with Crippen LogP contribution in [0, 0.1) is 0 Å². The number of aryl methyl sites for hydroxylation is 1. The van der Waals surface area contributed by atoms with E-state index in [0.717, 1.165) is 17.0 Å². The second-order valence-electron chi connectivity index (χ2n) is 5.01. The number of nitrogens with zero attached hydrogens (tertiary/aromatic N) is 2. The summed E-state index contributed by atoms with van der Waals surface area (Å²) in [5.74, 6) is -1.27. The molecule has 1 aromatic carbocycles. The van der Waals surface area contributed by atoms with Gasteiger partial charge in [0.1, 0.15) is 11.6 Å². The van der Waals surface area contributed by atoms with Gasteiger partial charge in [-0.15, -0.1) is 11.3 Å². The standard InChI is InChI=1S/C16H18N2O3S/c1-3-11-4-6-12(7-5-11)16-17-13(10-22-16)8-14(19)18(2)9-15(20)21/h4-7,10H,3,8-9H2,1-2H3,(H,20,21). The monoisotopic (exact) mass is 318 g/mol. The van der Waals surface area contributed by atoms with Crippen molar-refractivity contribution in [1.82, 2.24) is 9.88 Å². The summed E-state index contributed by atoms with van der Waals surface area (Å²) in [7, 11) is 1.48. The molecular formula is C16H18N2O3S. The van der Waals surface area contributed by atoms with E-state index in [-0.39, 0.29) is 18.9 Å². The summed E-state index contributed by atoms with van der Waals surface area (Å²) in [5, 5.41) is 11.4. The zero-order valence-electron chi connectivity index (χ0n) is 12.6. The first kappa shape index (κ1) is 16.2. The summed E-state index contributed by atoms with van der Waals surface area (Å²) in [5.41, 5.74) is 2.97. The molecule has 22 heavy (non-hydrogen) atoms. The largest absolute Gasteiger partial charge is 0.480 e. The normalized spacial score (nSPS) is 10.5. The first-order valence-electron chi connectivity index (χ1n) is 6.99. The highest BCUT2D eigenvalue weighted by Gasteiger charge is 2.14. The van der Waals surface area contributed by atoms with E-state index in [0.29, 0.717) is 5.69 Å². The van der Waals surface area contributed by atoms with Gasteiger partial charge in [0.15, 0.2) is 0 Å². The summed E-state index contributed by atoms with van der Waals surface area (Å²) in [6.07, 6.45) is 1.11. The predicted molar refractivity (Wildman–Crippen MR) is 85.9 cm³/mol. The van der Waals surface area contributed by atoms with Crippen LogP contribution in [0.15, 0.2) is 29.6 Å². The van der Waals surface area contributed by atoms with E-state index in [1.54, 1.807) is 0 Å². The highest BCUT2D eigenvalue weighted by molar-refractivity contribution is 7.13. The lowest BCUT2D eigenvalue weighted by molar-refractivity contribution is -0.143. The summed E-state index contributed by atoms with van der Waals surface area (Å²) < 4.78 is 0. The molecular weight excluding hydrogens is 300 g/mol. The Morgan fingerprint density at radius 1 is 1.27 bits per heavy atom. The topological polar surface area (TPSA) is 70.5 Å². The van der Waals surface area contributed by atoms with Crippen LogP contribution in [0.3, 0.4) is 0 Å². The van der Waals surface area contributed by atoms with Gasteiger partial charge in [-0.2, -0.15) is 0 Å². The molecule has 0 radical (unpaired) electrons. The number of hydrogen-bond acceptors (Lipinski definition) is 4. The van der Waals surface area contributed by atoms with Crippen LogP contribution in [0.2, 0.25) is 0 Å². The van der Waals surface area contributed by atoms with Crippen LogP contribution < -0.4 is 0 Å². The molecule has 0 fully saturated rings. The molecule has 0 aliphatic heterocycles. The molecule has 1 aromatic heterocycles. The second kappa shape index (κ2) is 7.17. The fourth-order valence-electron chi connectivity index (χ4n) is 1.98. The van der Waals surface area contributed by atoms with Crippen LogP contribution in [0.5, 0.6) is 0 Å². The third kappa shape index (κ3) is 4.14. The maximum absolute atomic E-state index is 11.9. The smallest absolute Gasteiger partial charge is 0.323 e. The number of benzene rings is 1. The molecule has 1 amide bonds. The Labute approximate surface area is 133 Å². The van der Waals surface area contributed by atoms with Crippen LogP contribution in [-0.2, 0) is 22.4 Å². The van der Waals surface area contributed by atoms with Gasteiger partial charge in [0.05, 0.1) is 12.1 Å². The van der Waals surface area contributed by atoms with E-state index in [1.807, 2.05) is 17.5 Å². The predicted octanol–water partition coefficient (Wildman–Crippen LogP) is 2.46. The van der Waals surface area contributed by atoms with Crippen LogP contribution in [0.1, 0.15) is 18.2 Å². The quantitative estimate of drug-likeness (QED) is 0.888. The highest BCUT2D eigenvalue weighted by Crippen LogP contribution is 2.24. The SMILES string of the molecule is CCc1ccc(-c2nc(CC(=O)N(C)CC(=O)O)cs2)cc1. The van der Waals surface area contributed by atoms with Crippen molar-refractivity contribution in [3.05, 3.63) is 40.9 Å². The van der Waals surface area contributed by atoms with E-state index >= 15 is 0 Å². The van der Waals surface area contributed by atoms with Crippen molar-refractivity contribution < 1.29 is 14.7 Å². The average molecular weight is 318 g/mol. The summed E-state index contributed by atoms with van der Waals surface area (Å²) in [6, 6.07) is 8.20. The Hall–Kier alpha value is -2.21. The van der Waals surface area contributed by atoms with Crippen molar-refractivity contribution in [2.45, 2.75) is 19.8 Å². The highest BCUT2D eigenvalue weighted by atomic mass is 32.1. The molecule has 0 aliphatic rings. The number of carboxylic acid groups (broad SMARTS) is 1. The van der Waals surface area contributed by atoms with Gasteiger partial charge in [-0.3, -0.25) is 9.59 Å². The van der Waals surface area contributed by atoms with Gasteiger partial charge >= 0.3 is 5.97 Å². The van der Waals surface area contributed by atoms with Crippen LogP contribution in [0.4, 0.5) is 0 Å². The van der Waals surface area contributed by atoms with E-state index in [4.69, 9.17) is 5.11 Å². The molecule has 116 valence electrons. The van der Waals surface area contributed by atoms with Crippen molar-refractivity contribution in [2.24, 2.45) is 0 Å². The Morgan fingerprint density at radius 3 is 2.55 bits per heavy atom.